The molecule has 3 rings (SSSR count). The molecule has 1 saturated heterocycles. The van der Waals surface area contributed by atoms with Crippen LogP contribution in [0.4, 0.5) is 0 Å². The van der Waals surface area contributed by atoms with Gasteiger partial charge in [-0.3, -0.25) is 4.99 Å². The second kappa shape index (κ2) is 8.36. The van der Waals surface area contributed by atoms with Crippen molar-refractivity contribution in [2.45, 2.75) is 18.8 Å². The Morgan fingerprint density at radius 2 is 1.54 bits per heavy atom. The van der Waals surface area contributed by atoms with Crippen LogP contribution in [0.5, 0.6) is 0 Å². The molecule has 2 nitrogen and oxygen atoms in total. The fourth-order valence-corrected chi connectivity index (χ4v) is 3.63. The fraction of sp³-hybridized carbons (Fsp3) is 0.318. The SMILES string of the molecule is C#CCN=CN1CCC(C(c2ccccc2)c2ccccc2)CC1. The van der Waals surface area contributed by atoms with Crippen LogP contribution >= 0.6 is 0 Å². The Bertz CT molecular complexity index is 637. The number of hydrogen-bond donors (Lipinski definition) is 0. The molecule has 1 heterocycles. The summed E-state index contributed by atoms with van der Waals surface area (Å²) in [5.41, 5.74) is 2.84. The maximum Gasteiger partial charge on any atom is 0.101 e. The van der Waals surface area contributed by atoms with E-state index >= 15 is 0 Å². The largest absolute Gasteiger partial charge is 0.363 e. The van der Waals surface area contributed by atoms with E-state index in [1.165, 1.54) is 24.0 Å². The van der Waals surface area contributed by atoms with Crippen molar-refractivity contribution in [3.63, 3.8) is 0 Å². The van der Waals surface area contributed by atoms with Crippen molar-refractivity contribution in [3.8, 4) is 12.3 Å². The predicted molar refractivity (Wildman–Crippen MR) is 101 cm³/mol. The van der Waals surface area contributed by atoms with E-state index in [0.29, 0.717) is 18.4 Å². The van der Waals surface area contributed by atoms with Gasteiger partial charge >= 0.3 is 0 Å². The third kappa shape index (κ3) is 4.06. The molecule has 2 aromatic rings. The summed E-state index contributed by atoms with van der Waals surface area (Å²) >= 11 is 0. The molecule has 0 aromatic heterocycles. The minimum atomic E-state index is 0.469. The summed E-state index contributed by atoms with van der Waals surface area (Å²) in [7, 11) is 0. The molecule has 1 aliphatic rings. The van der Waals surface area contributed by atoms with Gasteiger partial charge in [-0.25, -0.2) is 0 Å². The molecule has 0 atom stereocenters. The highest BCUT2D eigenvalue weighted by Crippen LogP contribution is 2.37. The molecule has 0 N–H and O–H groups in total. The number of nitrogens with zero attached hydrogens (tertiary/aromatic N) is 2. The molecule has 0 aliphatic carbocycles. The summed E-state index contributed by atoms with van der Waals surface area (Å²) in [5.74, 6) is 3.68. The lowest BCUT2D eigenvalue weighted by atomic mass is 9.76. The van der Waals surface area contributed by atoms with Crippen molar-refractivity contribution in [1.82, 2.24) is 4.90 Å². The standard InChI is InChI=1S/C22H24N2/c1-2-15-23-18-24-16-13-21(14-17-24)22(19-9-5-3-6-10-19)20-11-7-4-8-12-20/h1,3-12,18,21-22H,13-17H2. The number of aliphatic imine (C=N–C) groups is 1. The number of rotatable bonds is 5. The molecular formula is C22H24N2. The van der Waals surface area contributed by atoms with E-state index in [1.807, 2.05) is 6.34 Å². The van der Waals surface area contributed by atoms with E-state index in [2.05, 4.69) is 76.5 Å². The highest BCUT2D eigenvalue weighted by Gasteiger charge is 2.28. The molecule has 0 saturated carbocycles. The predicted octanol–water partition coefficient (Wildman–Crippen LogP) is 4.19. The van der Waals surface area contributed by atoms with E-state index in [9.17, 15) is 0 Å². The number of hydrogen-bond acceptors (Lipinski definition) is 1. The van der Waals surface area contributed by atoms with Crippen molar-refractivity contribution in [3.05, 3.63) is 71.8 Å². The van der Waals surface area contributed by atoms with Gasteiger partial charge in [0, 0.05) is 19.0 Å². The first-order valence-corrected chi connectivity index (χ1v) is 8.66. The van der Waals surface area contributed by atoms with Crippen molar-refractivity contribution in [1.29, 1.82) is 0 Å². The first-order chi connectivity index (χ1) is 11.9. The van der Waals surface area contributed by atoms with Gasteiger partial charge in [0.15, 0.2) is 0 Å². The van der Waals surface area contributed by atoms with Crippen LogP contribution in [0.15, 0.2) is 65.7 Å². The smallest absolute Gasteiger partial charge is 0.101 e. The average molecular weight is 316 g/mol. The number of piperidine rings is 1. The maximum atomic E-state index is 5.25. The molecule has 0 spiro atoms. The maximum absolute atomic E-state index is 5.25. The zero-order valence-corrected chi connectivity index (χ0v) is 14.0. The van der Waals surface area contributed by atoms with Crippen LogP contribution < -0.4 is 0 Å². The van der Waals surface area contributed by atoms with Crippen molar-refractivity contribution < 1.29 is 0 Å². The van der Waals surface area contributed by atoms with Crippen LogP contribution in [-0.2, 0) is 0 Å². The lowest BCUT2D eigenvalue weighted by Gasteiger charge is -2.35. The summed E-state index contributed by atoms with van der Waals surface area (Å²) in [5, 5.41) is 0. The molecule has 0 bridgehead atoms. The minimum Gasteiger partial charge on any atom is -0.363 e. The second-order valence-electron chi connectivity index (χ2n) is 6.33. The summed E-state index contributed by atoms with van der Waals surface area (Å²) in [6.07, 6.45) is 9.53. The molecule has 2 heteroatoms. The van der Waals surface area contributed by atoms with E-state index in [0.717, 1.165) is 13.1 Å². The van der Waals surface area contributed by atoms with Crippen LogP contribution in [0.3, 0.4) is 0 Å². The minimum absolute atomic E-state index is 0.469. The number of likely N-dealkylation sites (tertiary alicyclic amines) is 1. The lowest BCUT2D eigenvalue weighted by molar-refractivity contribution is 0.254. The topological polar surface area (TPSA) is 15.6 Å². The third-order valence-electron chi connectivity index (χ3n) is 4.79. The summed E-state index contributed by atoms with van der Waals surface area (Å²) < 4.78 is 0. The molecule has 0 radical (unpaired) electrons. The third-order valence-corrected chi connectivity index (χ3v) is 4.79. The van der Waals surface area contributed by atoms with Gasteiger partial charge in [-0.05, 0) is 29.9 Å². The quantitative estimate of drug-likeness (QED) is 0.459. The van der Waals surface area contributed by atoms with Crippen LogP contribution in [-0.4, -0.2) is 30.9 Å². The van der Waals surface area contributed by atoms with Crippen LogP contribution in [0.25, 0.3) is 0 Å². The van der Waals surface area contributed by atoms with E-state index in [4.69, 9.17) is 6.42 Å². The molecule has 0 amide bonds. The Kier molecular flexibility index (Phi) is 5.69. The Balaban J connectivity index is 1.75. The van der Waals surface area contributed by atoms with Gasteiger partial charge in [0.1, 0.15) is 6.54 Å². The van der Waals surface area contributed by atoms with E-state index in [1.54, 1.807) is 0 Å². The number of benzene rings is 2. The van der Waals surface area contributed by atoms with Gasteiger partial charge < -0.3 is 4.90 Å². The van der Waals surface area contributed by atoms with Crippen molar-refractivity contribution in [2.75, 3.05) is 19.6 Å². The van der Waals surface area contributed by atoms with Crippen LogP contribution in [0.1, 0.15) is 29.9 Å². The van der Waals surface area contributed by atoms with E-state index < -0.39 is 0 Å². The van der Waals surface area contributed by atoms with Gasteiger partial charge in [-0.1, -0.05) is 66.6 Å². The molecule has 2 aromatic carbocycles. The molecule has 122 valence electrons. The van der Waals surface area contributed by atoms with Crippen molar-refractivity contribution >= 4 is 6.34 Å². The summed E-state index contributed by atoms with van der Waals surface area (Å²) in [4.78, 5) is 6.56. The molecule has 24 heavy (non-hydrogen) atoms. The first kappa shape index (κ1) is 16.3. The van der Waals surface area contributed by atoms with Gasteiger partial charge in [-0.15, -0.1) is 6.42 Å². The monoisotopic (exact) mass is 316 g/mol. The molecular weight excluding hydrogens is 292 g/mol. The van der Waals surface area contributed by atoms with E-state index in [-0.39, 0.29) is 0 Å². The Morgan fingerprint density at radius 3 is 2.04 bits per heavy atom. The molecule has 1 fully saturated rings. The molecule has 0 unspecified atom stereocenters. The summed E-state index contributed by atoms with van der Waals surface area (Å²) in [6, 6.07) is 21.8. The normalized spacial score (nSPS) is 15.8. The highest BCUT2D eigenvalue weighted by molar-refractivity contribution is 5.55. The zero-order valence-electron chi connectivity index (χ0n) is 14.0. The zero-order chi connectivity index (χ0) is 16.6. The Hall–Kier alpha value is -2.53. The highest BCUT2D eigenvalue weighted by atomic mass is 15.1. The fourth-order valence-electron chi connectivity index (χ4n) is 3.63. The lowest BCUT2D eigenvalue weighted by Crippen LogP contribution is -2.35. The van der Waals surface area contributed by atoms with Crippen molar-refractivity contribution in [2.24, 2.45) is 10.9 Å². The van der Waals surface area contributed by atoms with Gasteiger partial charge in [0.2, 0.25) is 0 Å². The Labute approximate surface area is 145 Å². The Morgan fingerprint density at radius 1 is 1.00 bits per heavy atom. The van der Waals surface area contributed by atoms with Crippen LogP contribution in [0, 0.1) is 18.3 Å². The van der Waals surface area contributed by atoms with Gasteiger partial charge in [0.25, 0.3) is 0 Å². The number of terminal acetylenes is 1. The van der Waals surface area contributed by atoms with Gasteiger partial charge in [0.05, 0.1) is 6.34 Å². The average Bonchev–Trinajstić information content (AvgIpc) is 2.65. The molecule has 1 aliphatic heterocycles. The second-order valence-corrected chi connectivity index (χ2v) is 6.33. The van der Waals surface area contributed by atoms with Crippen LogP contribution in [0.2, 0.25) is 0 Å². The summed E-state index contributed by atoms with van der Waals surface area (Å²) in [6.45, 7) is 2.57. The first-order valence-electron chi connectivity index (χ1n) is 8.66. The van der Waals surface area contributed by atoms with Gasteiger partial charge in [-0.2, -0.15) is 0 Å².